The van der Waals surface area contributed by atoms with Gasteiger partial charge in [0.05, 0.1) is 6.04 Å². The second-order valence-corrected chi connectivity index (χ2v) is 5.12. The molecule has 0 aliphatic heterocycles. The first-order chi connectivity index (χ1) is 8.63. The molecule has 1 unspecified atom stereocenters. The SMILES string of the molecule is CCCc1n[nH]c(=S)n1C(C)c1ccc(Cl)cc1. The molecule has 0 aliphatic rings. The zero-order chi connectivity index (χ0) is 13.1. The predicted octanol–water partition coefficient (Wildman–Crippen LogP) is 4.16. The van der Waals surface area contributed by atoms with Gasteiger partial charge in [0.1, 0.15) is 5.82 Å². The summed E-state index contributed by atoms with van der Waals surface area (Å²) in [6.07, 6.45) is 1.97. The Labute approximate surface area is 117 Å². The molecular formula is C13H16ClN3S. The van der Waals surface area contributed by atoms with Crippen LogP contribution in [-0.4, -0.2) is 14.8 Å². The Morgan fingerprint density at radius 1 is 1.39 bits per heavy atom. The van der Waals surface area contributed by atoms with Crippen molar-refractivity contribution in [1.29, 1.82) is 0 Å². The number of hydrogen-bond acceptors (Lipinski definition) is 2. The van der Waals surface area contributed by atoms with Crippen LogP contribution in [0.15, 0.2) is 24.3 Å². The van der Waals surface area contributed by atoms with Gasteiger partial charge in [-0.1, -0.05) is 30.7 Å². The van der Waals surface area contributed by atoms with Gasteiger partial charge in [-0.2, -0.15) is 5.10 Å². The minimum atomic E-state index is 0.162. The molecule has 0 saturated heterocycles. The molecule has 1 atom stereocenters. The average Bonchev–Trinajstić information content (AvgIpc) is 2.71. The van der Waals surface area contributed by atoms with Gasteiger partial charge in [-0.25, -0.2) is 0 Å². The molecule has 2 rings (SSSR count). The van der Waals surface area contributed by atoms with Crippen LogP contribution in [0.1, 0.15) is 37.7 Å². The molecule has 96 valence electrons. The predicted molar refractivity (Wildman–Crippen MR) is 76.7 cm³/mol. The van der Waals surface area contributed by atoms with Gasteiger partial charge in [-0.05, 0) is 43.3 Å². The highest BCUT2D eigenvalue weighted by atomic mass is 35.5. The maximum Gasteiger partial charge on any atom is 0.195 e. The van der Waals surface area contributed by atoms with Crippen LogP contribution in [0.3, 0.4) is 0 Å². The summed E-state index contributed by atoms with van der Waals surface area (Å²) in [4.78, 5) is 0. The third kappa shape index (κ3) is 2.65. The molecule has 0 fully saturated rings. The second-order valence-electron chi connectivity index (χ2n) is 4.29. The first kappa shape index (κ1) is 13.3. The van der Waals surface area contributed by atoms with Crippen molar-refractivity contribution >= 4 is 23.8 Å². The molecule has 0 spiro atoms. The monoisotopic (exact) mass is 281 g/mol. The van der Waals surface area contributed by atoms with Crippen molar-refractivity contribution in [1.82, 2.24) is 14.8 Å². The van der Waals surface area contributed by atoms with Crippen molar-refractivity contribution < 1.29 is 0 Å². The molecule has 0 saturated carbocycles. The van der Waals surface area contributed by atoms with Crippen LogP contribution in [0.4, 0.5) is 0 Å². The number of H-pyrrole nitrogens is 1. The van der Waals surface area contributed by atoms with E-state index in [4.69, 9.17) is 23.8 Å². The first-order valence-corrected chi connectivity index (χ1v) is 6.83. The summed E-state index contributed by atoms with van der Waals surface area (Å²) in [5.74, 6) is 1.00. The number of rotatable bonds is 4. The van der Waals surface area contributed by atoms with Crippen LogP contribution in [0.25, 0.3) is 0 Å². The molecule has 2 aromatic rings. The van der Waals surface area contributed by atoms with Gasteiger partial charge in [0.25, 0.3) is 0 Å². The number of halogens is 1. The van der Waals surface area contributed by atoms with E-state index in [9.17, 15) is 0 Å². The number of nitrogens with zero attached hydrogens (tertiary/aromatic N) is 2. The number of hydrogen-bond donors (Lipinski definition) is 1. The fourth-order valence-electron chi connectivity index (χ4n) is 2.03. The Bertz CT molecular complexity index is 571. The van der Waals surface area contributed by atoms with Crippen molar-refractivity contribution in [2.24, 2.45) is 0 Å². The van der Waals surface area contributed by atoms with Crippen molar-refractivity contribution in [2.45, 2.75) is 32.7 Å². The van der Waals surface area contributed by atoms with Gasteiger partial charge in [0.15, 0.2) is 4.77 Å². The van der Waals surface area contributed by atoms with E-state index < -0.39 is 0 Å². The summed E-state index contributed by atoms with van der Waals surface area (Å²) >= 11 is 11.2. The third-order valence-electron chi connectivity index (χ3n) is 2.99. The molecular weight excluding hydrogens is 266 g/mol. The van der Waals surface area contributed by atoms with Gasteiger partial charge in [-0.3, -0.25) is 9.67 Å². The Hall–Kier alpha value is -1.13. The molecule has 18 heavy (non-hydrogen) atoms. The molecule has 1 heterocycles. The number of aryl methyl sites for hydroxylation is 1. The molecule has 5 heteroatoms. The largest absolute Gasteiger partial charge is 0.297 e. The van der Waals surface area contributed by atoms with Gasteiger partial charge in [0.2, 0.25) is 0 Å². The van der Waals surface area contributed by atoms with Gasteiger partial charge in [-0.15, -0.1) is 0 Å². The topological polar surface area (TPSA) is 33.6 Å². The maximum atomic E-state index is 5.91. The van der Waals surface area contributed by atoms with Gasteiger partial charge < -0.3 is 0 Å². The van der Waals surface area contributed by atoms with Crippen LogP contribution in [0.5, 0.6) is 0 Å². The molecule has 1 aromatic heterocycles. The van der Waals surface area contributed by atoms with Crippen molar-refractivity contribution in [3.05, 3.63) is 45.4 Å². The average molecular weight is 282 g/mol. The molecule has 0 radical (unpaired) electrons. The van der Waals surface area contributed by atoms with E-state index in [2.05, 4.69) is 28.6 Å². The molecule has 1 aromatic carbocycles. The van der Waals surface area contributed by atoms with E-state index in [1.54, 1.807) is 0 Å². The lowest BCUT2D eigenvalue weighted by Gasteiger charge is -2.16. The van der Waals surface area contributed by atoms with E-state index in [0.717, 1.165) is 23.7 Å². The van der Waals surface area contributed by atoms with Crippen molar-refractivity contribution in [2.75, 3.05) is 0 Å². The maximum absolute atomic E-state index is 5.91. The van der Waals surface area contributed by atoms with E-state index >= 15 is 0 Å². The number of aromatic amines is 1. The van der Waals surface area contributed by atoms with Crippen molar-refractivity contribution in [3.8, 4) is 0 Å². The molecule has 3 nitrogen and oxygen atoms in total. The summed E-state index contributed by atoms with van der Waals surface area (Å²) in [6.45, 7) is 4.25. The van der Waals surface area contributed by atoms with E-state index in [-0.39, 0.29) is 6.04 Å². The normalized spacial score (nSPS) is 12.6. The minimum absolute atomic E-state index is 0.162. The minimum Gasteiger partial charge on any atom is -0.297 e. The van der Waals surface area contributed by atoms with Crippen molar-refractivity contribution in [3.63, 3.8) is 0 Å². The van der Waals surface area contributed by atoms with Crippen LogP contribution in [-0.2, 0) is 6.42 Å². The van der Waals surface area contributed by atoms with E-state index in [1.807, 2.05) is 24.3 Å². The quantitative estimate of drug-likeness (QED) is 0.854. The molecule has 0 amide bonds. The van der Waals surface area contributed by atoms with Gasteiger partial charge in [0, 0.05) is 11.4 Å². The van der Waals surface area contributed by atoms with Gasteiger partial charge >= 0.3 is 0 Å². The Morgan fingerprint density at radius 3 is 2.67 bits per heavy atom. The first-order valence-electron chi connectivity index (χ1n) is 6.04. The highest BCUT2D eigenvalue weighted by molar-refractivity contribution is 7.71. The summed E-state index contributed by atoms with van der Waals surface area (Å²) in [5, 5.41) is 7.91. The summed E-state index contributed by atoms with van der Waals surface area (Å²) in [7, 11) is 0. The van der Waals surface area contributed by atoms with E-state index in [0.29, 0.717) is 4.77 Å². The fraction of sp³-hybridized carbons (Fsp3) is 0.385. The Kier molecular flexibility index (Phi) is 4.19. The summed E-state index contributed by atoms with van der Waals surface area (Å²) in [5.41, 5.74) is 1.18. The lowest BCUT2D eigenvalue weighted by molar-refractivity contribution is 0.589. The summed E-state index contributed by atoms with van der Waals surface area (Å²) < 4.78 is 2.74. The standard InChI is InChI=1S/C13H16ClN3S/c1-3-4-12-15-16-13(18)17(12)9(2)10-5-7-11(14)8-6-10/h5-9H,3-4H2,1-2H3,(H,16,18). The number of nitrogens with one attached hydrogen (secondary N) is 1. The number of aromatic nitrogens is 3. The molecule has 0 bridgehead atoms. The smallest absolute Gasteiger partial charge is 0.195 e. The lowest BCUT2D eigenvalue weighted by Crippen LogP contribution is -2.11. The highest BCUT2D eigenvalue weighted by Gasteiger charge is 2.13. The zero-order valence-corrected chi connectivity index (χ0v) is 12.1. The van der Waals surface area contributed by atoms with Crippen LogP contribution in [0, 0.1) is 4.77 Å². The fourth-order valence-corrected chi connectivity index (χ4v) is 2.46. The number of benzene rings is 1. The zero-order valence-electron chi connectivity index (χ0n) is 10.5. The highest BCUT2D eigenvalue weighted by Crippen LogP contribution is 2.22. The third-order valence-corrected chi connectivity index (χ3v) is 3.53. The second kappa shape index (κ2) is 5.67. The Balaban J connectivity index is 2.38. The molecule has 1 N–H and O–H groups in total. The Morgan fingerprint density at radius 2 is 2.06 bits per heavy atom. The lowest BCUT2D eigenvalue weighted by atomic mass is 10.1. The molecule has 0 aliphatic carbocycles. The van der Waals surface area contributed by atoms with Crippen LogP contribution in [0.2, 0.25) is 5.02 Å². The van der Waals surface area contributed by atoms with Crippen LogP contribution < -0.4 is 0 Å². The summed E-state index contributed by atoms with van der Waals surface area (Å²) in [6, 6.07) is 8.01. The van der Waals surface area contributed by atoms with Crippen LogP contribution >= 0.6 is 23.8 Å². The van der Waals surface area contributed by atoms with E-state index in [1.165, 1.54) is 5.56 Å².